The molecule has 1 atom stereocenters. The normalized spacial score (nSPS) is 15.9. The number of hydrogen-bond acceptors (Lipinski definition) is 6. The van der Waals surface area contributed by atoms with Gasteiger partial charge in [0.2, 0.25) is 11.8 Å². The van der Waals surface area contributed by atoms with E-state index in [9.17, 15) is 19.2 Å². The topological polar surface area (TPSA) is 103 Å². The second-order valence-electron chi connectivity index (χ2n) is 11.3. The number of anilines is 1. The highest BCUT2D eigenvalue weighted by molar-refractivity contribution is 6.31. The first-order valence-electron chi connectivity index (χ1n) is 14.9. The Morgan fingerprint density at radius 1 is 0.867 bits per heavy atom. The summed E-state index contributed by atoms with van der Waals surface area (Å²) < 4.78 is 5.74. The van der Waals surface area contributed by atoms with Gasteiger partial charge in [-0.2, -0.15) is 0 Å². The quantitative estimate of drug-likeness (QED) is 0.292. The molecule has 0 bridgehead atoms. The van der Waals surface area contributed by atoms with Gasteiger partial charge in [0.1, 0.15) is 11.6 Å². The zero-order valence-corrected chi connectivity index (χ0v) is 26.0. The number of rotatable bonds is 8. The molecular formula is C34H32Cl2N4O5. The van der Waals surface area contributed by atoms with Crippen LogP contribution in [0.4, 0.5) is 5.69 Å². The third kappa shape index (κ3) is 7.00. The first-order valence-corrected chi connectivity index (χ1v) is 15.7. The summed E-state index contributed by atoms with van der Waals surface area (Å²) in [6.07, 6.45) is 1.70. The Morgan fingerprint density at radius 2 is 1.60 bits per heavy atom. The van der Waals surface area contributed by atoms with Crippen LogP contribution in [0.2, 0.25) is 10.0 Å². The molecule has 0 unspecified atom stereocenters. The SMILES string of the molecule is O=C(N[C@@H](Cc1ccc(Cl)cc1)C(=O)N1CCN(c2ccccc2CN2CCCC2=O)CC1)c1cc(=O)c2ccc(Cl)cc2o1. The monoisotopic (exact) mass is 646 g/mol. The van der Waals surface area contributed by atoms with Gasteiger partial charge in [0.25, 0.3) is 5.91 Å². The van der Waals surface area contributed by atoms with Gasteiger partial charge in [-0.1, -0.05) is 53.5 Å². The predicted octanol–water partition coefficient (Wildman–Crippen LogP) is 4.91. The minimum Gasteiger partial charge on any atom is -0.451 e. The summed E-state index contributed by atoms with van der Waals surface area (Å²) in [6.45, 7) is 3.43. The summed E-state index contributed by atoms with van der Waals surface area (Å²) in [5, 5.41) is 4.05. The average Bonchev–Trinajstić information content (AvgIpc) is 3.45. The fraction of sp³-hybridized carbons (Fsp3) is 0.294. The van der Waals surface area contributed by atoms with E-state index >= 15 is 0 Å². The number of nitrogens with zero attached hydrogens (tertiary/aromatic N) is 3. The maximum Gasteiger partial charge on any atom is 0.287 e. The van der Waals surface area contributed by atoms with Gasteiger partial charge >= 0.3 is 0 Å². The van der Waals surface area contributed by atoms with E-state index in [1.54, 1.807) is 29.2 Å². The summed E-state index contributed by atoms with van der Waals surface area (Å²) >= 11 is 12.2. The fourth-order valence-electron chi connectivity index (χ4n) is 5.94. The van der Waals surface area contributed by atoms with Gasteiger partial charge in [-0.15, -0.1) is 0 Å². The molecule has 3 aromatic carbocycles. The Labute approximate surface area is 270 Å². The van der Waals surface area contributed by atoms with Crippen molar-refractivity contribution in [3.8, 4) is 0 Å². The number of halogens is 2. The van der Waals surface area contributed by atoms with E-state index in [1.807, 2.05) is 29.2 Å². The number of benzene rings is 3. The van der Waals surface area contributed by atoms with Crippen LogP contribution in [0, 0.1) is 0 Å². The fourth-order valence-corrected chi connectivity index (χ4v) is 6.23. The Balaban J connectivity index is 1.18. The molecule has 2 aliphatic heterocycles. The van der Waals surface area contributed by atoms with Crippen LogP contribution in [-0.4, -0.2) is 66.3 Å². The van der Waals surface area contributed by atoms with Crippen molar-refractivity contribution in [3.63, 3.8) is 0 Å². The molecule has 45 heavy (non-hydrogen) atoms. The van der Waals surface area contributed by atoms with Crippen molar-refractivity contribution in [3.05, 3.63) is 110 Å². The third-order valence-electron chi connectivity index (χ3n) is 8.33. The first-order chi connectivity index (χ1) is 21.7. The largest absolute Gasteiger partial charge is 0.451 e. The lowest BCUT2D eigenvalue weighted by molar-refractivity contribution is -0.133. The van der Waals surface area contributed by atoms with E-state index in [0.29, 0.717) is 54.6 Å². The van der Waals surface area contributed by atoms with Crippen LogP contribution >= 0.6 is 23.2 Å². The number of amides is 3. The molecule has 3 heterocycles. The number of para-hydroxylation sites is 1. The molecular weight excluding hydrogens is 615 g/mol. The van der Waals surface area contributed by atoms with E-state index in [2.05, 4.69) is 22.3 Å². The highest BCUT2D eigenvalue weighted by Gasteiger charge is 2.31. The van der Waals surface area contributed by atoms with Crippen molar-refractivity contribution in [1.82, 2.24) is 15.1 Å². The Kier molecular flexibility index (Phi) is 9.09. The summed E-state index contributed by atoms with van der Waals surface area (Å²) in [6, 6.07) is 20.0. The molecule has 0 radical (unpaired) electrons. The molecule has 0 spiro atoms. The maximum atomic E-state index is 13.9. The lowest BCUT2D eigenvalue weighted by Gasteiger charge is -2.38. The molecule has 2 aliphatic rings. The smallest absolute Gasteiger partial charge is 0.287 e. The Hall–Kier alpha value is -4.34. The van der Waals surface area contributed by atoms with E-state index in [0.717, 1.165) is 35.8 Å². The molecule has 1 N–H and O–H groups in total. The average molecular weight is 648 g/mol. The molecule has 0 saturated carbocycles. The van der Waals surface area contributed by atoms with Gasteiger partial charge in [-0.3, -0.25) is 19.2 Å². The van der Waals surface area contributed by atoms with Crippen LogP contribution in [0.5, 0.6) is 0 Å². The van der Waals surface area contributed by atoms with Gasteiger partial charge in [0.05, 0.1) is 5.39 Å². The molecule has 1 aromatic heterocycles. The van der Waals surface area contributed by atoms with Crippen molar-refractivity contribution >= 4 is 57.6 Å². The minimum absolute atomic E-state index is 0.181. The van der Waals surface area contributed by atoms with Gasteiger partial charge in [0.15, 0.2) is 11.2 Å². The molecule has 0 aliphatic carbocycles. The van der Waals surface area contributed by atoms with Crippen LogP contribution in [0.3, 0.4) is 0 Å². The Morgan fingerprint density at radius 3 is 2.33 bits per heavy atom. The van der Waals surface area contributed by atoms with Crippen LogP contribution in [0.1, 0.15) is 34.5 Å². The summed E-state index contributed by atoms with van der Waals surface area (Å²) in [5.41, 5.74) is 2.75. The lowest BCUT2D eigenvalue weighted by Crippen LogP contribution is -2.55. The molecule has 6 rings (SSSR count). The van der Waals surface area contributed by atoms with Gasteiger partial charge in [-0.05, 0) is 47.9 Å². The summed E-state index contributed by atoms with van der Waals surface area (Å²) in [7, 11) is 0. The number of nitrogens with one attached hydrogen (secondary N) is 1. The van der Waals surface area contributed by atoms with Gasteiger partial charge in [0, 0.05) is 80.0 Å². The number of hydrogen-bond donors (Lipinski definition) is 1. The van der Waals surface area contributed by atoms with Crippen molar-refractivity contribution in [2.24, 2.45) is 0 Å². The molecule has 9 nitrogen and oxygen atoms in total. The third-order valence-corrected chi connectivity index (χ3v) is 8.81. The molecule has 3 amide bonds. The molecule has 232 valence electrons. The number of fused-ring (bicyclic) bond motifs is 1. The van der Waals surface area contributed by atoms with Gasteiger partial charge < -0.3 is 24.4 Å². The molecule has 2 fully saturated rings. The van der Waals surface area contributed by atoms with Crippen molar-refractivity contribution in [1.29, 1.82) is 0 Å². The zero-order chi connectivity index (χ0) is 31.5. The molecule has 11 heteroatoms. The number of likely N-dealkylation sites (tertiary alicyclic amines) is 1. The van der Waals surface area contributed by atoms with Crippen LogP contribution in [0.15, 0.2) is 82.0 Å². The van der Waals surface area contributed by atoms with Gasteiger partial charge in [-0.25, -0.2) is 0 Å². The highest BCUT2D eigenvalue weighted by atomic mass is 35.5. The van der Waals surface area contributed by atoms with Crippen LogP contribution < -0.4 is 15.6 Å². The number of carbonyl (C=O) groups is 3. The maximum absolute atomic E-state index is 13.9. The summed E-state index contributed by atoms with van der Waals surface area (Å²) in [4.78, 5) is 58.2. The highest BCUT2D eigenvalue weighted by Crippen LogP contribution is 2.26. The van der Waals surface area contributed by atoms with E-state index in [4.69, 9.17) is 27.6 Å². The van der Waals surface area contributed by atoms with Crippen LogP contribution in [0.25, 0.3) is 11.0 Å². The summed E-state index contributed by atoms with van der Waals surface area (Å²) in [5.74, 6) is -0.937. The van der Waals surface area contributed by atoms with Crippen molar-refractivity contribution in [2.45, 2.75) is 31.8 Å². The Bertz CT molecular complexity index is 1800. The standard InChI is InChI=1S/C34H32Cl2N4O5/c35-24-9-7-22(8-10-24)18-27(37-33(43)31-20-29(41)26-12-11-25(36)19-30(26)45-31)34(44)39-16-14-38(15-17-39)28-5-2-1-4-23(28)21-40-13-3-6-32(40)42/h1-2,4-5,7-12,19-20,27H,3,6,13-18,21H2,(H,37,43)/t27-/m0/s1. The van der Waals surface area contributed by atoms with Crippen molar-refractivity contribution < 1.29 is 18.8 Å². The minimum atomic E-state index is -0.918. The van der Waals surface area contributed by atoms with E-state index < -0.39 is 11.9 Å². The van der Waals surface area contributed by atoms with Crippen LogP contribution in [-0.2, 0) is 22.6 Å². The van der Waals surface area contributed by atoms with E-state index in [-0.39, 0.29) is 35.0 Å². The second kappa shape index (κ2) is 13.3. The lowest BCUT2D eigenvalue weighted by atomic mass is 10.0. The number of carbonyl (C=O) groups excluding carboxylic acids is 3. The zero-order valence-electron chi connectivity index (χ0n) is 24.5. The second-order valence-corrected chi connectivity index (χ2v) is 12.2. The predicted molar refractivity (Wildman–Crippen MR) is 174 cm³/mol. The van der Waals surface area contributed by atoms with Crippen molar-refractivity contribution in [2.75, 3.05) is 37.6 Å². The first kappa shape index (κ1) is 30.7. The number of piperazine rings is 1. The molecule has 2 saturated heterocycles. The van der Waals surface area contributed by atoms with E-state index in [1.165, 1.54) is 6.07 Å². The molecule has 4 aromatic rings.